The predicted molar refractivity (Wildman–Crippen MR) is 76.4 cm³/mol. The molecule has 18 heavy (non-hydrogen) atoms. The number of benzene rings is 1. The highest BCUT2D eigenvalue weighted by molar-refractivity contribution is 9.10. The summed E-state index contributed by atoms with van der Waals surface area (Å²) < 4.78 is 12.1. The molecule has 3 nitrogen and oxygen atoms in total. The fraction of sp³-hybridized carbons (Fsp3) is 0.571. The van der Waals surface area contributed by atoms with E-state index in [4.69, 9.17) is 9.47 Å². The van der Waals surface area contributed by atoms with Gasteiger partial charge in [0, 0.05) is 0 Å². The van der Waals surface area contributed by atoms with Crippen molar-refractivity contribution in [3.8, 4) is 11.5 Å². The molecule has 0 aromatic heterocycles. The molecule has 1 aromatic rings. The van der Waals surface area contributed by atoms with Gasteiger partial charge in [-0.2, -0.15) is 0 Å². The molecule has 100 valence electrons. The van der Waals surface area contributed by atoms with E-state index in [1.807, 2.05) is 18.2 Å². The van der Waals surface area contributed by atoms with Crippen molar-refractivity contribution in [1.29, 1.82) is 0 Å². The zero-order valence-corrected chi connectivity index (χ0v) is 12.3. The van der Waals surface area contributed by atoms with E-state index in [9.17, 15) is 0 Å². The van der Waals surface area contributed by atoms with Crippen LogP contribution in [0.2, 0.25) is 0 Å². The lowest BCUT2D eigenvalue weighted by Gasteiger charge is -2.22. The highest BCUT2D eigenvalue weighted by Crippen LogP contribution is 2.35. The van der Waals surface area contributed by atoms with Crippen LogP contribution in [0.3, 0.4) is 0 Å². The summed E-state index contributed by atoms with van der Waals surface area (Å²) in [5.41, 5.74) is 0. The van der Waals surface area contributed by atoms with Crippen LogP contribution in [-0.2, 0) is 0 Å². The number of methoxy groups -OCH3 is 1. The van der Waals surface area contributed by atoms with E-state index >= 15 is 0 Å². The highest BCUT2D eigenvalue weighted by atomic mass is 79.9. The lowest BCUT2D eigenvalue weighted by Crippen LogP contribution is -2.30. The van der Waals surface area contributed by atoms with Crippen LogP contribution in [0.5, 0.6) is 11.5 Å². The third-order valence-electron chi connectivity index (χ3n) is 3.32. The molecule has 2 rings (SSSR count). The molecular formula is C14H20BrNO2. The summed E-state index contributed by atoms with van der Waals surface area (Å²) in [5.74, 6) is 2.34. The Morgan fingerprint density at radius 3 is 3.06 bits per heavy atom. The Morgan fingerprint density at radius 2 is 2.33 bits per heavy atom. The van der Waals surface area contributed by atoms with Crippen molar-refractivity contribution in [3.63, 3.8) is 0 Å². The van der Waals surface area contributed by atoms with Crippen LogP contribution in [-0.4, -0.2) is 26.8 Å². The number of para-hydroxylation sites is 1. The van der Waals surface area contributed by atoms with Gasteiger partial charge in [-0.1, -0.05) is 6.07 Å². The molecule has 0 saturated carbocycles. The summed E-state index contributed by atoms with van der Waals surface area (Å²) >= 11 is 3.50. The van der Waals surface area contributed by atoms with Gasteiger partial charge in [0.2, 0.25) is 0 Å². The molecule has 4 heteroatoms. The van der Waals surface area contributed by atoms with Gasteiger partial charge in [-0.3, -0.25) is 0 Å². The normalized spacial score (nSPS) is 19.6. The van der Waals surface area contributed by atoms with Gasteiger partial charge in [0.25, 0.3) is 0 Å². The van der Waals surface area contributed by atoms with Crippen LogP contribution >= 0.6 is 15.9 Å². The Bertz CT molecular complexity index is 378. The Balaban J connectivity index is 1.85. The number of hydrogen-bond donors (Lipinski definition) is 1. The first-order valence-electron chi connectivity index (χ1n) is 6.47. The molecule has 0 spiro atoms. The van der Waals surface area contributed by atoms with E-state index < -0.39 is 0 Å². The number of hydrogen-bond acceptors (Lipinski definition) is 3. The van der Waals surface area contributed by atoms with Gasteiger partial charge in [-0.15, -0.1) is 0 Å². The number of halogens is 1. The lowest BCUT2D eigenvalue weighted by atomic mass is 9.97. The minimum Gasteiger partial charge on any atom is -0.493 e. The van der Waals surface area contributed by atoms with E-state index in [0.29, 0.717) is 0 Å². The van der Waals surface area contributed by atoms with Crippen molar-refractivity contribution in [1.82, 2.24) is 5.32 Å². The summed E-state index contributed by atoms with van der Waals surface area (Å²) in [7, 11) is 1.67. The topological polar surface area (TPSA) is 30.5 Å². The third kappa shape index (κ3) is 3.62. The fourth-order valence-corrected chi connectivity index (χ4v) is 2.75. The summed E-state index contributed by atoms with van der Waals surface area (Å²) in [6, 6.07) is 5.84. The average Bonchev–Trinajstić information content (AvgIpc) is 2.41. The monoisotopic (exact) mass is 313 g/mol. The maximum atomic E-state index is 5.86. The molecule has 1 atom stereocenters. The molecule has 0 radical (unpaired) electrons. The van der Waals surface area contributed by atoms with Crippen LogP contribution in [0, 0.1) is 5.92 Å². The SMILES string of the molecule is COc1cccc(Br)c1OCCC1CCCNC1. The molecule has 0 bridgehead atoms. The van der Waals surface area contributed by atoms with Crippen molar-refractivity contribution < 1.29 is 9.47 Å². The zero-order chi connectivity index (χ0) is 12.8. The molecule has 1 aliphatic heterocycles. The predicted octanol–water partition coefficient (Wildman–Crippen LogP) is 3.23. The second-order valence-corrected chi connectivity index (χ2v) is 5.48. The minimum absolute atomic E-state index is 0.741. The second kappa shape index (κ2) is 7.00. The van der Waals surface area contributed by atoms with E-state index in [0.717, 1.165) is 48.0 Å². The molecule has 0 amide bonds. The molecule has 1 unspecified atom stereocenters. The third-order valence-corrected chi connectivity index (χ3v) is 3.95. The first-order valence-corrected chi connectivity index (χ1v) is 7.26. The number of nitrogens with one attached hydrogen (secondary N) is 1. The van der Waals surface area contributed by atoms with Crippen molar-refractivity contribution in [2.45, 2.75) is 19.3 Å². The standard InChI is InChI=1S/C14H20BrNO2/c1-17-13-6-2-5-12(15)14(13)18-9-7-11-4-3-8-16-10-11/h2,5-6,11,16H,3-4,7-10H2,1H3. The Hall–Kier alpha value is -0.740. The zero-order valence-electron chi connectivity index (χ0n) is 10.7. The maximum absolute atomic E-state index is 5.86. The number of rotatable bonds is 5. The first-order chi connectivity index (χ1) is 8.81. The molecular weight excluding hydrogens is 294 g/mol. The fourth-order valence-electron chi connectivity index (χ4n) is 2.29. The van der Waals surface area contributed by atoms with E-state index in [1.54, 1.807) is 7.11 Å². The molecule has 1 aliphatic rings. The van der Waals surface area contributed by atoms with Gasteiger partial charge < -0.3 is 14.8 Å². The maximum Gasteiger partial charge on any atom is 0.175 e. The summed E-state index contributed by atoms with van der Waals surface area (Å²) in [6.45, 7) is 3.02. The quantitative estimate of drug-likeness (QED) is 0.905. The van der Waals surface area contributed by atoms with Gasteiger partial charge in [-0.25, -0.2) is 0 Å². The molecule has 1 N–H and O–H groups in total. The van der Waals surface area contributed by atoms with E-state index in [2.05, 4.69) is 21.2 Å². The van der Waals surface area contributed by atoms with Crippen molar-refractivity contribution in [2.75, 3.05) is 26.8 Å². The lowest BCUT2D eigenvalue weighted by molar-refractivity contribution is 0.244. The Labute approximate surface area is 117 Å². The van der Waals surface area contributed by atoms with Crippen molar-refractivity contribution in [3.05, 3.63) is 22.7 Å². The van der Waals surface area contributed by atoms with Crippen molar-refractivity contribution >= 4 is 15.9 Å². The van der Waals surface area contributed by atoms with Crippen LogP contribution in [0.1, 0.15) is 19.3 Å². The van der Waals surface area contributed by atoms with Crippen LogP contribution in [0.15, 0.2) is 22.7 Å². The van der Waals surface area contributed by atoms with Gasteiger partial charge >= 0.3 is 0 Å². The first kappa shape index (κ1) is 13.7. The van der Waals surface area contributed by atoms with E-state index in [1.165, 1.54) is 12.8 Å². The molecule has 1 heterocycles. The largest absolute Gasteiger partial charge is 0.493 e. The van der Waals surface area contributed by atoms with Crippen LogP contribution in [0.4, 0.5) is 0 Å². The van der Waals surface area contributed by atoms with Crippen LogP contribution in [0.25, 0.3) is 0 Å². The molecule has 1 aromatic carbocycles. The summed E-state index contributed by atoms with van der Waals surface area (Å²) in [4.78, 5) is 0. The summed E-state index contributed by atoms with van der Waals surface area (Å²) in [6.07, 6.45) is 3.68. The number of ether oxygens (including phenoxy) is 2. The second-order valence-electron chi connectivity index (χ2n) is 4.62. The van der Waals surface area contributed by atoms with Gasteiger partial charge in [0.1, 0.15) is 0 Å². The smallest absolute Gasteiger partial charge is 0.175 e. The van der Waals surface area contributed by atoms with Crippen LogP contribution < -0.4 is 14.8 Å². The van der Waals surface area contributed by atoms with Gasteiger partial charge in [0.05, 0.1) is 18.2 Å². The average molecular weight is 314 g/mol. The van der Waals surface area contributed by atoms with Gasteiger partial charge in [-0.05, 0) is 66.3 Å². The Kier molecular flexibility index (Phi) is 5.32. The van der Waals surface area contributed by atoms with Gasteiger partial charge in [0.15, 0.2) is 11.5 Å². The minimum atomic E-state index is 0.741. The summed E-state index contributed by atoms with van der Waals surface area (Å²) in [5, 5.41) is 3.43. The van der Waals surface area contributed by atoms with Crippen molar-refractivity contribution in [2.24, 2.45) is 5.92 Å². The molecule has 0 aliphatic carbocycles. The molecule has 1 saturated heterocycles. The molecule has 1 fully saturated rings. The Morgan fingerprint density at radius 1 is 1.44 bits per heavy atom. The van der Waals surface area contributed by atoms with E-state index in [-0.39, 0.29) is 0 Å². The number of piperidine rings is 1. The highest BCUT2D eigenvalue weighted by Gasteiger charge is 2.14.